The normalized spacial score (nSPS) is 13.1. The molecule has 1 aromatic heterocycles. The van der Waals surface area contributed by atoms with E-state index in [0.717, 1.165) is 21.3 Å². The molecule has 5 rings (SSSR count). The molecule has 9 nitrogen and oxygen atoms in total. The fourth-order valence-electron chi connectivity index (χ4n) is 4.40. The molecule has 10 heteroatoms. The van der Waals surface area contributed by atoms with Crippen molar-refractivity contribution >= 4 is 44.2 Å². The minimum absolute atomic E-state index is 0.179. The first kappa shape index (κ1) is 26.9. The number of nitrogens with zero attached hydrogens (tertiary/aromatic N) is 2. The number of benzene rings is 3. The Morgan fingerprint density at radius 2 is 1.73 bits per heavy atom. The van der Waals surface area contributed by atoms with Gasteiger partial charge in [-0.25, -0.2) is 4.98 Å². The number of methoxy groups -OCH3 is 2. The first-order chi connectivity index (χ1) is 19.4. The lowest BCUT2D eigenvalue weighted by molar-refractivity contribution is -0.112. The summed E-state index contributed by atoms with van der Waals surface area (Å²) in [5, 5.41) is 14.6. The predicted octanol–water partition coefficient (Wildman–Crippen LogP) is 4.99. The van der Waals surface area contributed by atoms with Crippen LogP contribution in [-0.4, -0.2) is 48.2 Å². The Bertz CT molecular complexity index is 1560. The summed E-state index contributed by atoms with van der Waals surface area (Å²) < 4.78 is 11.6. The average Bonchev–Trinajstić information content (AvgIpc) is 3.39. The Kier molecular flexibility index (Phi) is 8.07. The highest BCUT2D eigenvalue weighted by Crippen LogP contribution is 2.28. The summed E-state index contributed by atoms with van der Waals surface area (Å²) >= 11 is 1.41. The van der Waals surface area contributed by atoms with Gasteiger partial charge in [0.1, 0.15) is 0 Å². The Morgan fingerprint density at radius 3 is 2.48 bits per heavy atom. The number of para-hydroxylation sites is 1. The highest BCUT2D eigenvalue weighted by Gasteiger charge is 2.22. The molecule has 2 heterocycles. The van der Waals surface area contributed by atoms with Gasteiger partial charge in [-0.15, -0.1) is 0 Å². The highest BCUT2D eigenvalue weighted by molar-refractivity contribution is 7.22. The Hall–Kier alpha value is -4.70. The van der Waals surface area contributed by atoms with E-state index in [1.807, 2.05) is 59.5 Å². The van der Waals surface area contributed by atoms with Crippen molar-refractivity contribution in [2.24, 2.45) is 0 Å². The van der Waals surface area contributed by atoms with E-state index in [9.17, 15) is 9.59 Å². The van der Waals surface area contributed by atoms with Gasteiger partial charge in [-0.05, 0) is 47.5 Å². The van der Waals surface area contributed by atoms with Crippen LogP contribution in [0.1, 0.15) is 27.9 Å². The number of carbonyl (C=O) groups excluding carboxylic acids is 2. The molecule has 2 amide bonds. The number of rotatable bonds is 9. The number of hydrogen-bond donors (Lipinski definition) is 3. The maximum absolute atomic E-state index is 13.0. The molecule has 0 atom stereocenters. The molecule has 0 aliphatic carbocycles. The molecule has 0 saturated carbocycles. The number of nitrogens with one attached hydrogen (secondary N) is 3. The van der Waals surface area contributed by atoms with Crippen LogP contribution in [0.15, 0.2) is 78.5 Å². The number of thiazole rings is 1. The number of fused-ring (bicyclic) bond motifs is 1. The van der Waals surface area contributed by atoms with Crippen LogP contribution in [0.2, 0.25) is 0 Å². The fraction of sp³-hybridized carbons (Fsp3) is 0.200. The largest absolute Gasteiger partial charge is 0.493 e. The minimum atomic E-state index is -0.338. The first-order valence-corrected chi connectivity index (χ1v) is 13.5. The van der Waals surface area contributed by atoms with Gasteiger partial charge in [-0.1, -0.05) is 41.7 Å². The second-order valence-electron chi connectivity index (χ2n) is 9.25. The topological polar surface area (TPSA) is 117 Å². The van der Waals surface area contributed by atoms with E-state index in [-0.39, 0.29) is 11.8 Å². The van der Waals surface area contributed by atoms with E-state index < -0.39 is 0 Å². The second-order valence-corrected chi connectivity index (χ2v) is 10.3. The van der Waals surface area contributed by atoms with Gasteiger partial charge in [0.2, 0.25) is 0 Å². The molecule has 0 fully saturated rings. The van der Waals surface area contributed by atoms with Crippen LogP contribution in [-0.2, 0) is 17.9 Å². The minimum Gasteiger partial charge on any atom is -0.493 e. The van der Waals surface area contributed by atoms with Crippen LogP contribution in [0.3, 0.4) is 0 Å². The zero-order valence-corrected chi connectivity index (χ0v) is 23.0. The molecule has 0 radical (unpaired) electrons. The van der Waals surface area contributed by atoms with Crippen LogP contribution in [0.5, 0.6) is 11.5 Å². The van der Waals surface area contributed by atoms with Crippen molar-refractivity contribution in [2.75, 3.05) is 26.1 Å². The van der Waals surface area contributed by atoms with E-state index in [1.165, 1.54) is 11.3 Å². The molecule has 3 N–H and O–H groups in total. The lowest BCUT2D eigenvalue weighted by Gasteiger charge is -2.27. The third-order valence-corrected chi connectivity index (χ3v) is 7.50. The van der Waals surface area contributed by atoms with Crippen LogP contribution in [0.4, 0.5) is 5.13 Å². The summed E-state index contributed by atoms with van der Waals surface area (Å²) in [5.41, 5.74) is 3.90. The van der Waals surface area contributed by atoms with Crippen molar-refractivity contribution in [1.29, 1.82) is 5.41 Å². The smallest absolute Gasteiger partial charge is 0.260 e. The zero-order chi connectivity index (χ0) is 28.1. The molecule has 1 aliphatic rings. The Labute approximate surface area is 236 Å². The van der Waals surface area contributed by atoms with E-state index >= 15 is 0 Å². The maximum Gasteiger partial charge on any atom is 0.260 e. The van der Waals surface area contributed by atoms with Crippen LogP contribution < -0.4 is 20.1 Å². The third kappa shape index (κ3) is 6.13. The molecule has 0 saturated heterocycles. The summed E-state index contributed by atoms with van der Waals surface area (Å²) in [6.07, 6.45) is 2.20. The van der Waals surface area contributed by atoms with Gasteiger partial charge < -0.3 is 25.1 Å². The van der Waals surface area contributed by atoms with Gasteiger partial charge in [-0.3, -0.25) is 14.9 Å². The lowest BCUT2D eigenvalue weighted by atomic mass is 10.0. The molecule has 1 aliphatic heterocycles. The molecular formula is C30H29N5O4S. The molecule has 204 valence electrons. The molecule has 40 heavy (non-hydrogen) atoms. The van der Waals surface area contributed by atoms with Crippen molar-refractivity contribution in [3.05, 3.63) is 95.2 Å². The van der Waals surface area contributed by atoms with Gasteiger partial charge in [-0.2, -0.15) is 0 Å². The predicted molar refractivity (Wildman–Crippen MR) is 156 cm³/mol. The zero-order valence-electron chi connectivity index (χ0n) is 22.2. The number of ether oxygens (including phenoxy) is 2. The Morgan fingerprint density at radius 1 is 0.975 bits per heavy atom. The number of hydrogen-bond acceptors (Lipinski definition) is 8. The van der Waals surface area contributed by atoms with Gasteiger partial charge in [0.25, 0.3) is 11.8 Å². The number of aromatic nitrogens is 1. The molecule has 3 aromatic carbocycles. The van der Waals surface area contributed by atoms with Crippen LogP contribution in [0, 0.1) is 5.41 Å². The van der Waals surface area contributed by atoms with Crippen LogP contribution in [0.25, 0.3) is 10.2 Å². The summed E-state index contributed by atoms with van der Waals surface area (Å²) in [6, 6.07) is 20.6. The van der Waals surface area contributed by atoms with Gasteiger partial charge >= 0.3 is 0 Å². The molecule has 0 unspecified atom stereocenters. The molecular weight excluding hydrogens is 526 g/mol. The van der Waals surface area contributed by atoms with Gasteiger partial charge in [0, 0.05) is 43.5 Å². The third-order valence-electron chi connectivity index (χ3n) is 6.55. The molecule has 4 aromatic rings. The summed E-state index contributed by atoms with van der Waals surface area (Å²) in [4.78, 5) is 32.1. The van der Waals surface area contributed by atoms with Gasteiger partial charge in [0.05, 0.1) is 30.0 Å². The van der Waals surface area contributed by atoms with Crippen LogP contribution >= 0.6 is 11.3 Å². The summed E-state index contributed by atoms with van der Waals surface area (Å²) in [6.45, 7) is 1.54. The van der Waals surface area contributed by atoms with E-state index in [4.69, 9.17) is 14.9 Å². The fourth-order valence-corrected chi connectivity index (χ4v) is 5.26. The SMILES string of the molecule is COc1ccc(CNC(=O)c2ccc(CN3C=C(C(=O)Nc4nc5ccccc5s4)C(=N)CC3)cc2)cc1OC. The van der Waals surface area contributed by atoms with E-state index in [2.05, 4.69) is 15.6 Å². The maximum atomic E-state index is 13.0. The monoisotopic (exact) mass is 555 g/mol. The molecule has 0 spiro atoms. The lowest BCUT2D eigenvalue weighted by Crippen LogP contribution is -2.32. The number of amides is 2. The average molecular weight is 556 g/mol. The molecule has 0 bridgehead atoms. The van der Waals surface area contributed by atoms with Gasteiger partial charge in [0.15, 0.2) is 16.6 Å². The first-order valence-electron chi connectivity index (χ1n) is 12.7. The summed E-state index contributed by atoms with van der Waals surface area (Å²) in [7, 11) is 3.15. The van der Waals surface area contributed by atoms with Crippen molar-refractivity contribution < 1.29 is 19.1 Å². The number of anilines is 1. The van der Waals surface area contributed by atoms with Crippen molar-refractivity contribution in [1.82, 2.24) is 15.2 Å². The van der Waals surface area contributed by atoms with Crippen molar-refractivity contribution in [2.45, 2.75) is 19.5 Å². The van der Waals surface area contributed by atoms with Crippen molar-refractivity contribution in [3.63, 3.8) is 0 Å². The quantitative estimate of drug-likeness (QED) is 0.268. The Balaban J connectivity index is 1.19. The highest BCUT2D eigenvalue weighted by atomic mass is 32.1. The standard InChI is InChI=1S/C30H29N5O4S/c1-38-25-12-9-20(15-26(25)39-2)16-32-28(36)21-10-7-19(8-11-21)17-35-14-13-23(31)22(18-35)29(37)34-30-33-24-5-3-4-6-27(24)40-30/h3-12,15,18,31H,13-14,16-17H2,1-2H3,(H,32,36)(H,33,34,37). The summed E-state index contributed by atoms with van der Waals surface area (Å²) in [5.74, 6) is 0.726. The van der Waals surface area contributed by atoms with Crippen molar-refractivity contribution in [3.8, 4) is 11.5 Å². The number of carbonyl (C=O) groups is 2. The van der Waals surface area contributed by atoms with E-state index in [1.54, 1.807) is 32.6 Å². The second kappa shape index (κ2) is 12.0. The van der Waals surface area contributed by atoms with E-state index in [0.29, 0.717) is 59.5 Å².